The van der Waals surface area contributed by atoms with E-state index in [2.05, 4.69) is 20.9 Å². The van der Waals surface area contributed by atoms with Gasteiger partial charge in [0.05, 0.1) is 31.8 Å². The smallest absolute Gasteiger partial charge is 0.316 e. The van der Waals surface area contributed by atoms with E-state index in [1.807, 2.05) is 30.3 Å². The summed E-state index contributed by atoms with van der Waals surface area (Å²) in [7, 11) is -3.02. The first-order valence-electron chi connectivity index (χ1n) is 9.91. The monoisotopic (exact) mass is 427 g/mol. The van der Waals surface area contributed by atoms with Crippen LogP contribution in [0.1, 0.15) is 51.0 Å². The van der Waals surface area contributed by atoms with Crippen molar-refractivity contribution in [1.29, 1.82) is 0 Å². The summed E-state index contributed by atoms with van der Waals surface area (Å²) in [5, 5.41) is 9.65. The van der Waals surface area contributed by atoms with Gasteiger partial charge in [-0.2, -0.15) is 7.82 Å². The summed E-state index contributed by atoms with van der Waals surface area (Å²) in [6.45, 7) is 4.39. The Balaban J connectivity index is 0.000000537. The average molecular weight is 427 g/mol. The molecule has 1 aromatic carbocycles. The number of carbonyl (C=O) groups excluding carboxylic acids is 1. The van der Waals surface area contributed by atoms with Crippen LogP contribution in [0, 0.1) is 0 Å². The van der Waals surface area contributed by atoms with Crippen molar-refractivity contribution >= 4 is 13.8 Å². The molecule has 0 spiro atoms. The Morgan fingerprint density at radius 1 is 1.17 bits per heavy atom. The van der Waals surface area contributed by atoms with Crippen molar-refractivity contribution in [2.45, 2.75) is 69.7 Å². The van der Waals surface area contributed by atoms with E-state index in [9.17, 15) is 9.90 Å². The van der Waals surface area contributed by atoms with E-state index in [-0.39, 0.29) is 18.7 Å². The van der Waals surface area contributed by atoms with Gasteiger partial charge in [0.25, 0.3) is 0 Å². The van der Waals surface area contributed by atoms with E-state index in [4.69, 9.17) is 24.0 Å². The molecule has 29 heavy (non-hydrogen) atoms. The Morgan fingerprint density at radius 3 is 2.07 bits per heavy atom. The minimum atomic E-state index is -5.39. The summed E-state index contributed by atoms with van der Waals surface area (Å²) in [4.78, 5) is 38.2. The van der Waals surface area contributed by atoms with Crippen LogP contribution in [0.5, 0.6) is 0 Å². The third-order valence-electron chi connectivity index (χ3n) is 6.54. The van der Waals surface area contributed by atoms with E-state index < -0.39 is 13.7 Å². The normalized spacial score (nSPS) is 29.7. The fourth-order valence-corrected chi connectivity index (χ4v) is 4.82. The zero-order valence-corrected chi connectivity index (χ0v) is 18.0. The van der Waals surface area contributed by atoms with Gasteiger partial charge >= 0.3 is 5.97 Å². The second kappa shape index (κ2) is 9.69. The highest BCUT2D eigenvalue weighted by Gasteiger charge is 2.53. The number of fused-ring (bicyclic) bond motifs is 2. The minimum absolute atomic E-state index is 0.00212. The first-order chi connectivity index (χ1) is 13.5. The zero-order chi connectivity index (χ0) is 21.8. The Hall–Kier alpha value is -1.28. The van der Waals surface area contributed by atoms with E-state index in [1.54, 1.807) is 0 Å². The van der Waals surface area contributed by atoms with Gasteiger partial charge in [-0.05, 0) is 19.4 Å². The molecule has 2 aliphatic rings. The van der Waals surface area contributed by atoms with Crippen molar-refractivity contribution in [3.8, 4) is 0 Å². The molecular formula is C20H30NO7P-2. The van der Waals surface area contributed by atoms with Crippen LogP contribution in [0.3, 0.4) is 0 Å². The predicted octanol–water partition coefficient (Wildman–Crippen LogP) is 0.0295. The van der Waals surface area contributed by atoms with E-state index >= 15 is 0 Å². The molecule has 1 N–H and O–H groups in total. The summed E-state index contributed by atoms with van der Waals surface area (Å²) in [5.41, 5.74) is 0.826. The standard InChI is InChI=1S/C20H30NO3.H3O4P/c1-14(2)21(3)16-9-10-17(21)12-18(11-16)24-20(23)19(13-22)15-7-5-4-6-8-15;1-5(2,3)4/h4-8,14,16-19,22H,9-13H2,1-3H3;(H3,1,2,3,4)/q+1;/p-3/t16-,17-,18?,19?,21?;/m1./s1. The van der Waals surface area contributed by atoms with Crippen molar-refractivity contribution in [3.05, 3.63) is 35.9 Å². The number of aliphatic hydroxyl groups excluding tert-OH is 1. The number of hydrogen-bond donors (Lipinski definition) is 1. The molecule has 1 unspecified atom stereocenters. The zero-order valence-electron chi connectivity index (χ0n) is 17.1. The fraction of sp³-hybridized carbons (Fsp3) is 0.650. The molecule has 2 heterocycles. The van der Waals surface area contributed by atoms with Crippen LogP contribution in [-0.4, -0.2) is 53.4 Å². The summed E-state index contributed by atoms with van der Waals surface area (Å²) < 4.78 is 15.5. The van der Waals surface area contributed by atoms with Gasteiger partial charge in [0.1, 0.15) is 12.0 Å². The van der Waals surface area contributed by atoms with Gasteiger partial charge in [-0.25, -0.2) is 0 Å². The van der Waals surface area contributed by atoms with Crippen LogP contribution in [0.2, 0.25) is 0 Å². The Labute approximate surface area is 172 Å². The highest BCUT2D eigenvalue weighted by atomic mass is 31.2. The maximum atomic E-state index is 12.6. The van der Waals surface area contributed by atoms with Crippen LogP contribution in [-0.2, 0) is 14.1 Å². The number of esters is 1. The number of nitrogens with zero attached hydrogens (tertiary/aromatic N) is 1. The largest absolute Gasteiger partial charge is 0.822 e. The summed E-state index contributed by atoms with van der Waals surface area (Å²) in [6, 6.07) is 11.2. The molecule has 8 nitrogen and oxygen atoms in total. The Morgan fingerprint density at radius 2 is 1.66 bits per heavy atom. The van der Waals surface area contributed by atoms with E-state index in [1.165, 1.54) is 12.8 Å². The molecule has 2 bridgehead atoms. The number of aliphatic hydroxyl groups is 1. The highest BCUT2D eigenvalue weighted by molar-refractivity contribution is 7.40. The lowest BCUT2D eigenvalue weighted by molar-refractivity contribution is -0.968. The lowest BCUT2D eigenvalue weighted by Gasteiger charge is -2.49. The number of benzene rings is 1. The third-order valence-corrected chi connectivity index (χ3v) is 6.54. The number of rotatable bonds is 5. The maximum Gasteiger partial charge on any atom is 0.316 e. The second-order valence-electron chi connectivity index (χ2n) is 8.32. The van der Waals surface area contributed by atoms with Gasteiger partial charge in [0, 0.05) is 25.7 Å². The van der Waals surface area contributed by atoms with Gasteiger partial charge in [-0.15, -0.1) is 0 Å². The van der Waals surface area contributed by atoms with E-state index in [0.717, 1.165) is 22.9 Å². The molecule has 0 saturated carbocycles. The lowest BCUT2D eigenvalue weighted by atomic mass is 9.94. The molecule has 164 valence electrons. The van der Waals surface area contributed by atoms with Crippen molar-refractivity contribution in [1.82, 2.24) is 0 Å². The number of quaternary nitrogens is 1. The molecule has 2 saturated heterocycles. The SMILES string of the molecule is CC(C)[N+]1(C)[C@@H]2CC[C@@H]1CC(OC(=O)C(CO)c1ccccc1)C2.O=P([O-])([O-])[O-]. The topological polar surface area (TPSA) is 133 Å². The Bertz CT molecular complexity index is 699. The second-order valence-corrected chi connectivity index (χ2v) is 9.22. The van der Waals surface area contributed by atoms with Crippen molar-refractivity contribution < 1.29 is 38.4 Å². The number of piperidine rings is 1. The molecule has 2 aliphatic heterocycles. The molecule has 0 radical (unpaired) electrons. The highest BCUT2D eigenvalue weighted by Crippen LogP contribution is 2.44. The molecule has 9 heteroatoms. The predicted molar refractivity (Wildman–Crippen MR) is 101 cm³/mol. The third kappa shape index (κ3) is 6.10. The first kappa shape index (κ1) is 24.0. The summed E-state index contributed by atoms with van der Waals surface area (Å²) in [5.74, 6) is -0.856. The molecule has 0 aliphatic carbocycles. The van der Waals surface area contributed by atoms with Crippen molar-refractivity contribution in [2.75, 3.05) is 13.7 Å². The van der Waals surface area contributed by atoms with Crippen molar-refractivity contribution in [2.24, 2.45) is 0 Å². The molecule has 3 rings (SSSR count). The summed E-state index contributed by atoms with van der Waals surface area (Å²) >= 11 is 0. The number of hydrogen-bond acceptors (Lipinski definition) is 7. The minimum Gasteiger partial charge on any atom is -0.822 e. The number of carbonyl (C=O) groups is 1. The van der Waals surface area contributed by atoms with Crippen LogP contribution >= 0.6 is 7.82 Å². The van der Waals surface area contributed by atoms with E-state index in [0.29, 0.717) is 18.1 Å². The van der Waals surface area contributed by atoms with Gasteiger partial charge in [0.15, 0.2) is 0 Å². The average Bonchev–Trinajstić information content (AvgIpc) is 2.79. The lowest BCUT2D eigenvalue weighted by Crippen LogP contribution is -2.62. The molecule has 3 atom stereocenters. The van der Waals surface area contributed by atoms with Crippen LogP contribution < -0.4 is 14.7 Å². The van der Waals surface area contributed by atoms with Gasteiger partial charge in [0.2, 0.25) is 0 Å². The number of phosphoric acid groups is 1. The molecular weight excluding hydrogens is 397 g/mol. The quantitative estimate of drug-likeness (QED) is 0.398. The maximum absolute atomic E-state index is 12.6. The van der Waals surface area contributed by atoms with Gasteiger partial charge < -0.3 is 33.6 Å². The Kier molecular flexibility index (Phi) is 8.01. The molecule has 1 aromatic rings. The van der Waals surface area contributed by atoms with Crippen molar-refractivity contribution in [3.63, 3.8) is 0 Å². The molecule has 0 aromatic heterocycles. The molecule has 0 amide bonds. The number of ether oxygens (including phenoxy) is 1. The summed E-state index contributed by atoms with van der Waals surface area (Å²) in [6.07, 6.45) is 4.36. The van der Waals surface area contributed by atoms with Crippen LogP contribution in [0.15, 0.2) is 30.3 Å². The van der Waals surface area contributed by atoms with Gasteiger partial charge in [-0.1, -0.05) is 30.3 Å². The van der Waals surface area contributed by atoms with Gasteiger partial charge in [-0.3, -0.25) is 4.79 Å². The van der Waals surface area contributed by atoms with Crippen LogP contribution in [0.25, 0.3) is 0 Å². The van der Waals surface area contributed by atoms with Crippen LogP contribution in [0.4, 0.5) is 0 Å². The molecule has 2 fully saturated rings. The first-order valence-corrected chi connectivity index (χ1v) is 11.4. The fourth-order valence-electron chi connectivity index (χ4n) is 4.82.